The molecule has 21 heavy (non-hydrogen) atoms. The molecular weight excluding hydrogens is 286 g/mol. The van der Waals surface area contributed by atoms with E-state index in [-0.39, 0.29) is 5.38 Å². The number of aromatic nitrogens is 2. The Hall–Kier alpha value is -2.33. The largest absolute Gasteiger partial charge is 0.406 e. The summed E-state index contributed by atoms with van der Waals surface area (Å²) in [6.07, 6.45) is 0. The quantitative estimate of drug-likeness (QED) is 0.704. The number of rotatable bonds is 4. The summed E-state index contributed by atoms with van der Waals surface area (Å²) in [5.74, 6) is 0.403. The van der Waals surface area contributed by atoms with Gasteiger partial charge in [-0.3, -0.25) is 0 Å². The number of nitrogens with one attached hydrogen (secondary N) is 1. The fourth-order valence-electron chi connectivity index (χ4n) is 1.95. The fraction of sp³-hybridized carbons (Fsp3) is 0.125. The zero-order valence-corrected chi connectivity index (χ0v) is 12.2. The maximum absolute atomic E-state index is 5.88. The van der Waals surface area contributed by atoms with Crippen molar-refractivity contribution in [2.45, 2.75) is 12.3 Å². The Morgan fingerprint density at radius 3 is 2.24 bits per heavy atom. The van der Waals surface area contributed by atoms with Gasteiger partial charge in [0, 0.05) is 5.69 Å². The topological polar surface area (TPSA) is 51.0 Å². The lowest BCUT2D eigenvalue weighted by Crippen LogP contribution is -1.90. The van der Waals surface area contributed by atoms with Crippen LogP contribution in [0.25, 0.3) is 11.1 Å². The van der Waals surface area contributed by atoms with Crippen molar-refractivity contribution in [3.05, 3.63) is 60.5 Å². The van der Waals surface area contributed by atoms with Crippen molar-refractivity contribution >= 4 is 23.3 Å². The van der Waals surface area contributed by atoms with Crippen molar-refractivity contribution in [1.82, 2.24) is 10.2 Å². The number of hydrogen-bond donors (Lipinski definition) is 1. The molecule has 0 saturated carbocycles. The van der Waals surface area contributed by atoms with Gasteiger partial charge in [0.15, 0.2) is 0 Å². The van der Waals surface area contributed by atoms with Crippen molar-refractivity contribution in [1.29, 1.82) is 0 Å². The average molecular weight is 300 g/mol. The summed E-state index contributed by atoms with van der Waals surface area (Å²) in [5, 5.41) is 10.5. The third-order valence-electron chi connectivity index (χ3n) is 3.02. The molecule has 3 rings (SSSR count). The summed E-state index contributed by atoms with van der Waals surface area (Å²) in [7, 11) is 0. The minimum Gasteiger partial charge on any atom is -0.406 e. The van der Waals surface area contributed by atoms with Gasteiger partial charge in [0.1, 0.15) is 5.38 Å². The van der Waals surface area contributed by atoms with Crippen LogP contribution in [0.3, 0.4) is 0 Å². The molecule has 1 unspecified atom stereocenters. The Labute approximate surface area is 127 Å². The van der Waals surface area contributed by atoms with Gasteiger partial charge >= 0.3 is 6.01 Å². The van der Waals surface area contributed by atoms with Crippen LogP contribution in [0, 0.1) is 0 Å². The van der Waals surface area contributed by atoms with Gasteiger partial charge < -0.3 is 9.73 Å². The molecule has 0 saturated heterocycles. The van der Waals surface area contributed by atoms with E-state index in [2.05, 4.69) is 27.6 Å². The SMILES string of the molecule is CC(Cl)c1nnc(Nc2ccc(-c3ccccc3)cc2)o1. The summed E-state index contributed by atoms with van der Waals surface area (Å²) < 4.78 is 5.40. The summed E-state index contributed by atoms with van der Waals surface area (Å²) in [4.78, 5) is 0. The highest BCUT2D eigenvalue weighted by molar-refractivity contribution is 6.20. The van der Waals surface area contributed by atoms with E-state index in [0.29, 0.717) is 11.9 Å². The second-order valence-corrected chi connectivity index (χ2v) is 5.28. The Balaban J connectivity index is 1.75. The Kier molecular flexibility index (Phi) is 3.88. The van der Waals surface area contributed by atoms with E-state index < -0.39 is 0 Å². The van der Waals surface area contributed by atoms with E-state index in [0.717, 1.165) is 11.3 Å². The van der Waals surface area contributed by atoms with Gasteiger partial charge in [0.2, 0.25) is 5.89 Å². The highest BCUT2D eigenvalue weighted by atomic mass is 35.5. The van der Waals surface area contributed by atoms with Crippen molar-refractivity contribution in [3.8, 4) is 11.1 Å². The van der Waals surface area contributed by atoms with Gasteiger partial charge in [0.25, 0.3) is 0 Å². The first kappa shape index (κ1) is 13.6. The first-order valence-corrected chi connectivity index (χ1v) is 7.06. The molecule has 1 heterocycles. The zero-order valence-electron chi connectivity index (χ0n) is 11.5. The molecular formula is C16H14ClN3O. The van der Waals surface area contributed by atoms with E-state index >= 15 is 0 Å². The monoisotopic (exact) mass is 299 g/mol. The molecule has 1 N–H and O–H groups in total. The van der Waals surface area contributed by atoms with Crippen LogP contribution in [0.2, 0.25) is 0 Å². The Bertz CT molecular complexity index is 708. The van der Waals surface area contributed by atoms with Gasteiger partial charge in [-0.1, -0.05) is 47.6 Å². The molecule has 0 fully saturated rings. The van der Waals surface area contributed by atoms with Gasteiger partial charge in [-0.15, -0.1) is 16.7 Å². The zero-order chi connectivity index (χ0) is 14.7. The molecule has 5 heteroatoms. The van der Waals surface area contributed by atoms with E-state index in [1.54, 1.807) is 6.92 Å². The van der Waals surface area contributed by atoms with Crippen LogP contribution in [-0.4, -0.2) is 10.2 Å². The summed E-state index contributed by atoms with van der Waals surface area (Å²) in [6.45, 7) is 1.79. The highest BCUT2D eigenvalue weighted by Gasteiger charge is 2.11. The first-order chi connectivity index (χ1) is 10.2. The minimum atomic E-state index is -0.298. The van der Waals surface area contributed by atoms with Gasteiger partial charge in [0.05, 0.1) is 0 Å². The number of hydrogen-bond acceptors (Lipinski definition) is 4. The van der Waals surface area contributed by atoms with Crippen LogP contribution in [0.1, 0.15) is 18.2 Å². The van der Waals surface area contributed by atoms with Crippen molar-refractivity contribution < 1.29 is 4.42 Å². The predicted octanol–water partition coefficient (Wildman–Crippen LogP) is 4.78. The first-order valence-electron chi connectivity index (χ1n) is 6.62. The molecule has 4 nitrogen and oxygen atoms in total. The van der Waals surface area contributed by atoms with Crippen LogP contribution in [0.15, 0.2) is 59.0 Å². The lowest BCUT2D eigenvalue weighted by atomic mass is 10.1. The Morgan fingerprint density at radius 1 is 0.952 bits per heavy atom. The third kappa shape index (κ3) is 3.23. The van der Waals surface area contributed by atoms with E-state index in [1.165, 1.54) is 5.56 Å². The molecule has 1 aromatic heterocycles. The molecule has 0 aliphatic heterocycles. The van der Waals surface area contributed by atoms with Crippen LogP contribution < -0.4 is 5.32 Å². The lowest BCUT2D eigenvalue weighted by molar-refractivity contribution is 0.510. The molecule has 2 aromatic carbocycles. The maximum atomic E-state index is 5.88. The normalized spacial score (nSPS) is 12.1. The van der Waals surface area contributed by atoms with E-state index in [4.69, 9.17) is 16.0 Å². The van der Waals surface area contributed by atoms with Crippen molar-refractivity contribution in [3.63, 3.8) is 0 Å². The van der Waals surface area contributed by atoms with Crippen LogP contribution in [0.5, 0.6) is 0 Å². The lowest BCUT2D eigenvalue weighted by Gasteiger charge is -2.04. The van der Waals surface area contributed by atoms with Crippen molar-refractivity contribution in [2.75, 3.05) is 5.32 Å². The number of benzene rings is 2. The smallest absolute Gasteiger partial charge is 0.320 e. The molecule has 0 radical (unpaired) electrons. The second kappa shape index (κ2) is 5.97. The third-order valence-corrected chi connectivity index (χ3v) is 3.21. The van der Waals surface area contributed by atoms with Crippen LogP contribution >= 0.6 is 11.6 Å². The van der Waals surface area contributed by atoms with Gasteiger partial charge in [-0.2, -0.15) is 0 Å². The minimum absolute atomic E-state index is 0.298. The average Bonchev–Trinajstić information content (AvgIpc) is 2.98. The second-order valence-electron chi connectivity index (χ2n) is 4.63. The van der Waals surface area contributed by atoms with Gasteiger partial charge in [-0.25, -0.2) is 0 Å². The highest BCUT2D eigenvalue weighted by Crippen LogP contribution is 2.24. The van der Waals surface area contributed by atoms with Crippen molar-refractivity contribution in [2.24, 2.45) is 0 Å². The molecule has 0 aliphatic rings. The number of nitrogens with zero attached hydrogens (tertiary/aromatic N) is 2. The molecule has 0 spiro atoms. The van der Waals surface area contributed by atoms with Crippen LogP contribution in [0.4, 0.5) is 11.7 Å². The fourth-order valence-corrected chi connectivity index (χ4v) is 2.03. The number of halogens is 1. The molecule has 0 bridgehead atoms. The summed E-state index contributed by atoms with van der Waals surface area (Å²) in [6, 6.07) is 18.6. The van der Waals surface area contributed by atoms with E-state index in [9.17, 15) is 0 Å². The molecule has 0 amide bonds. The summed E-state index contributed by atoms with van der Waals surface area (Å²) >= 11 is 5.88. The molecule has 3 aromatic rings. The standard InChI is InChI=1S/C16H14ClN3O/c1-11(17)15-19-20-16(21-15)18-14-9-7-13(8-10-14)12-5-3-2-4-6-12/h2-11H,1H3,(H,18,20). The van der Waals surface area contributed by atoms with Gasteiger partial charge in [-0.05, 0) is 30.2 Å². The predicted molar refractivity (Wildman–Crippen MR) is 83.7 cm³/mol. The van der Waals surface area contributed by atoms with E-state index in [1.807, 2.05) is 42.5 Å². The van der Waals surface area contributed by atoms with Crippen LogP contribution in [-0.2, 0) is 0 Å². The molecule has 106 valence electrons. The molecule has 1 atom stereocenters. The molecule has 0 aliphatic carbocycles. The summed E-state index contributed by atoms with van der Waals surface area (Å²) in [5.41, 5.74) is 3.22. The Morgan fingerprint density at radius 2 is 1.62 bits per heavy atom. The number of alkyl halides is 1. The maximum Gasteiger partial charge on any atom is 0.320 e. The number of anilines is 2.